The molecule has 0 fully saturated rings. The number of aliphatic hydroxyl groups is 1. The summed E-state index contributed by atoms with van der Waals surface area (Å²) in [5.74, 6) is -0.402. The number of amides is 1. The SMILES string of the molecule is Cc1cc(Br)cc(C)c1NC(=O)C(C)(C)O. The second kappa shape index (κ2) is 4.55. The first-order valence-electron chi connectivity index (χ1n) is 5.02. The Labute approximate surface area is 104 Å². The Balaban J connectivity index is 3.03. The topological polar surface area (TPSA) is 49.3 Å². The Kier molecular flexibility index (Phi) is 3.76. The van der Waals surface area contributed by atoms with Crippen molar-refractivity contribution in [1.29, 1.82) is 0 Å². The molecule has 0 aliphatic heterocycles. The normalized spacial score (nSPS) is 11.4. The lowest BCUT2D eigenvalue weighted by atomic mass is 10.1. The van der Waals surface area contributed by atoms with Crippen molar-refractivity contribution in [2.75, 3.05) is 5.32 Å². The van der Waals surface area contributed by atoms with Gasteiger partial charge in [-0.05, 0) is 51.0 Å². The van der Waals surface area contributed by atoms with E-state index in [2.05, 4.69) is 21.2 Å². The van der Waals surface area contributed by atoms with Crippen LogP contribution in [0.2, 0.25) is 0 Å². The molecule has 16 heavy (non-hydrogen) atoms. The number of rotatable bonds is 2. The molecule has 0 spiro atoms. The molecule has 0 unspecified atom stereocenters. The smallest absolute Gasteiger partial charge is 0.255 e. The maximum Gasteiger partial charge on any atom is 0.255 e. The van der Waals surface area contributed by atoms with E-state index in [1.165, 1.54) is 13.8 Å². The van der Waals surface area contributed by atoms with Gasteiger partial charge in [0.05, 0.1) is 0 Å². The molecule has 4 heteroatoms. The molecule has 0 aromatic heterocycles. The zero-order valence-corrected chi connectivity index (χ0v) is 11.5. The van der Waals surface area contributed by atoms with Crippen molar-refractivity contribution in [3.63, 3.8) is 0 Å². The van der Waals surface area contributed by atoms with Gasteiger partial charge in [-0.2, -0.15) is 0 Å². The van der Waals surface area contributed by atoms with Crippen LogP contribution in [0, 0.1) is 13.8 Å². The molecule has 0 aliphatic carbocycles. The predicted octanol–water partition coefficient (Wildman–Crippen LogP) is 2.78. The number of aryl methyl sites for hydroxylation is 2. The van der Waals surface area contributed by atoms with Gasteiger partial charge in [-0.25, -0.2) is 0 Å². The van der Waals surface area contributed by atoms with E-state index in [1.807, 2.05) is 26.0 Å². The van der Waals surface area contributed by atoms with Crippen LogP contribution >= 0.6 is 15.9 Å². The van der Waals surface area contributed by atoms with Gasteiger partial charge in [0.15, 0.2) is 0 Å². The summed E-state index contributed by atoms with van der Waals surface area (Å²) >= 11 is 3.39. The van der Waals surface area contributed by atoms with Crippen LogP contribution in [0.5, 0.6) is 0 Å². The van der Waals surface area contributed by atoms with Crippen LogP contribution in [0.4, 0.5) is 5.69 Å². The number of nitrogens with one attached hydrogen (secondary N) is 1. The summed E-state index contributed by atoms with van der Waals surface area (Å²) in [6.45, 7) is 6.76. The second-order valence-electron chi connectivity index (χ2n) is 4.43. The summed E-state index contributed by atoms with van der Waals surface area (Å²) in [6.07, 6.45) is 0. The molecule has 1 amide bonds. The van der Waals surface area contributed by atoms with Gasteiger partial charge >= 0.3 is 0 Å². The van der Waals surface area contributed by atoms with Gasteiger partial charge in [0.2, 0.25) is 0 Å². The molecule has 0 radical (unpaired) electrons. The summed E-state index contributed by atoms with van der Waals surface area (Å²) in [6, 6.07) is 3.85. The molecule has 0 atom stereocenters. The number of halogens is 1. The molecular formula is C12H16BrNO2. The van der Waals surface area contributed by atoms with E-state index in [0.29, 0.717) is 0 Å². The van der Waals surface area contributed by atoms with Crippen molar-refractivity contribution in [2.45, 2.75) is 33.3 Å². The van der Waals surface area contributed by atoms with Crippen molar-refractivity contribution in [3.8, 4) is 0 Å². The van der Waals surface area contributed by atoms with Gasteiger partial charge in [0.25, 0.3) is 5.91 Å². The lowest BCUT2D eigenvalue weighted by Crippen LogP contribution is -2.37. The maximum atomic E-state index is 11.7. The van der Waals surface area contributed by atoms with Crippen molar-refractivity contribution in [1.82, 2.24) is 0 Å². The van der Waals surface area contributed by atoms with Gasteiger partial charge in [-0.1, -0.05) is 15.9 Å². The molecule has 1 rings (SSSR count). The molecule has 0 heterocycles. The minimum absolute atomic E-state index is 0.402. The van der Waals surface area contributed by atoms with E-state index in [0.717, 1.165) is 21.3 Å². The Hall–Kier alpha value is -0.870. The molecule has 0 bridgehead atoms. The fourth-order valence-corrected chi connectivity index (χ4v) is 2.06. The van der Waals surface area contributed by atoms with Crippen LogP contribution < -0.4 is 5.32 Å². The van der Waals surface area contributed by atoms with E-state index in [9.17, 15) is 9.90 Å². The highest BCUT2D eigenvalue weighted by Crippen LogP contribution is 2.25. The number of carbonyl (C=O) groups excluding carboxylic acids is 1. The van der Waals surface area contributed by atoms with E-state index in [-0.39, 0.29) is 0 Å². The van der Waals surface area contributed by atoms with Gasteiger partial charge in [-0.3, -0.25) is 4.79 Å². The maximum absolute atomic E-state index is 11.7. The fraction of sp³-hybridized carbons (Fsp3) is 0.417. The van der Waals surface area contributed by atoms with Crippen LogP contribution in [-0.2, 0) is 4.79 Å². The Morgan fingerprint density at radius 3 is 2.12 bits per heavy atom. The highest BCUT2D eigenvalue weighted by Gasteiger charge is 2.24. The van der Waals surface area contributed by atoms with Crippen molar-refractivity contribution < 1.29 is 9.90 Å². The molecule has 2 N–H and O–H groups in total. The minimum Gasteiger partial charge on any atom is -0.381 e. The quantitative estimate of drug-likeness (QED) is 0.878. The molecule has 3 nitrogen and oxygen atoms in total. The Morgan fingerprint density at radius 1 is 1.31 bits per heavy atom. The first-order valence-corrected chi connectivity index (χ1v) is 5.81. The molecular weight excluding hydrogens is 270 g/mol. The van der Waals surface area contributed by atoms with Crippen LogP contribution in [0.3, 0.4) is 0 Å². The number of anilines is 1. The third kappa shape index (κ3) is 3.06. The summed E-state index contributed by atoms with van der Waals surface area (Å²) in [5.41, 5.74) is 1.32. The predicted molar refractivity (Wildman–Crippen MR) is 68.5 cm³/mol. The average Bonchev–Trinajstić information content (AvgIpc) is 2.08. The van der Waals surface area contributed by atoms with Crippen molar-refractivity contribution in [3.05, 3.63) is 27.7 Å². The zero-order chi connectivity index (χ0) is 12.5. The van der Waals surface area contributed by atoms with E-state index in [1.54, 1.807) is 0 Å². The van der Waals surface area contributed by atoms with Crippen molar-refractivity contribution in [2.24, 2.45) is 0 Å². The first-order chi connectivity index (χ1) is 7.21. The fourth-order valence-electron chi connectivity index (χ4n) is 1.37. The lowest BCUT2D eigenvalue weighted by Gasteiger charge is -2.19. The van der Waals surface area contributed by atoms with Crippen LogP contribution in [0.25, 0.3) is 0 Å². The van der Waals surface area contributed by atoms with Gasteiger partial charge in [0.1, 0.15) is 5.60 Å². The molecule has 0 saturated heterocycles. The third-order valence-electron chi connectivity index (χ3n) is 2.29. The summed E-state index contributed by atoms with van der Waals surface area (Å²) < 4.78 is 0.976. The number of benzene rings is 1. The molecule has 0 aliphatic rings. The van der Waals surface area contributed by atoms with Crippen molar-refractivity contribution >= 4 is 27.5 Å². The average molecular weight is 286 g/mol. The molecule has 1 aromatic rings. The monoisotopic (exact) mass is 285 g/mol. The summed E-state index contributed by atoms with van der Waals surface area (Å²) in [5, 5.41) is 12.3. The number of carbonyl (C=O) groups is 1. The van der Waals surface area contributed by atoms with Gasteiger partial charge < -0.3 is 10.4 Å². The van der Waals surface area contributed by atoms with Gasteiger partial charge in [0, 0.05) is 10.2 Å². The largest absolute Gasteiger partial charge is 0.381 e. The number of hydrogen-bond acceptors (Lipinski definition) is 2. The number of hydrogen-bond donors (Lipinski definition) is 2. The van der Waals surface area contributed by atoms with Crippen LogP contribution in [0.15, 0.2) is 16.6 Å². The summed E-state index contributed by atoms with van der Waals surface area (Å²) in [4.78, 5) is 11.7. The summed E-state index contributed by atoms with van der Waals surface area (Å²) in [7, 11) is 0. The van der Waals surface area contributed by atoms with Gasteiger partial charge in [-0.15, -0.1) is 0 Å². The Bertz CT molecular complexity index is 399. The zero-order valence-electron chi connectivity index (χ0n) is 9.89. The molecule has 0 saturated carbocycles. The molecule has 1 aromatic carbocycles. The Morgan fingerprint density at radius 2 is 1.75 bits per heavy atom. The lowest BCUT2D eigenvalue weighted by molar-refractivity contribution is -0.130. The minimum atomic E-state index is -1.37. The standard InChI is InChI=1S/C12H16BrNO2/c1-7-5-9(13)6-8(2)10(7)14-11(15)12(3,4)16/h5-6,16H,1-4H3,(H,14,15). The van der Waals surface area contributed by atoms with E-state index >= 15 is 0 Å². The third-order valence-corrected chi connectivity index (χ3v) is 2.75. The van der Waals surface area contributed by atoms with Crippen LogP contribution in [0.1, 0.15) is 25.0 Å². The highest BCUT2D eigenvalue weighted by molar-refractivity contribution is 9.10. The van der Waals surface area contributed by atoms with E-state index in [4.69, 9.17) is 0 Å². The van der Waals surface area contributed by atoms with Crippen LogP contribution in [-0.4, -0.2) is 16.6 Å². The molecule has 88 valence electrons. The second-order valence-corrected chi connectivity index (χ2v) is 5.34. The first kappa shape index (κ1) is 13.2. The van der Waals surface area contributed by atoms with E-state index < -0.39 is 11.5 Å². The highest BCUT2D eigenvalue weighted by atomic mass is 79.9.